The number of rotatable bonds is 5. The number of hydrogen-bond acceptors (Lipinski definition) is 3. The molecule has 184 valence electrons. The van der Waals surface area contributed by atoms with E-state index in [-0.39, 0.29) is 6.03 Å². The third-order valence-corrected chi connectivity index (χ3v) is 7.36. The average molecular weight is 540 g/mol. The van der Waals surface area contributed by atoms with Gasteiger partial charge in [0.15, 0.2) is 0 Å². The molecule has 0 saturated heterocycles. The van der Waals surface area contributed by atoms with Crippen molar-refractivity contribution in [2.24, 2.45) is 0 Å². The smallest absolute Gasteiger partial charge is 0.326 e. The van der Waals surface area contributed by atoms with E-state index in [1.165, 1.54) is 0 Å². The Bertz CT molecular complexity index is 1460. The largest absolute Gasteiger partial charge is 0.333 e. The van der Waals surface area contributed by atoms with Gasteiger partial charge in [-0.3, -0.25) is 9.47 Å². The van der Waals surface area contributed by atoms with Gasteiger partial charge in [-0.05, 0) is 65.6 Å². The molecule has 1 amide bonds. The predicted molar refractivity (Wildman–Crippen MR) is 148 cm³/mol. The summed E-state index contributed by atoms with van der Waals surface area (Å²) < 4.78 is 1.82. The summed E-state index contributed by atoms with van der Waals surface area (Å²) in [6, 6.07) is 15.2. The molecule has 1 aliphatic heterocycles. The number of nitrogens with one attached hydrogen (secondary N) is 1. The lowest BCUT2D eigenvalue weighted by atomic mass is 10.0. The number of aromatic nitrogens is 2. The highest BCUT2D eigenvalue weighted by atomic mass is 35.5. The van der Waals surface area contributed by atoms with E-state index in [0.29, 0.717) is 16.7 Å². The van der Waals surface area contributed by atoms with E-state index in [4.69, 9.17) is 34.8 Å². The molecule has 0 unspecified atom stereocenters. The van der Waals surface area contributed by atoms with Crippen LogP contribution in [0.5, 0.6) is 0 Å². The first-order chi connectivity index (χ1) is 17.4. The minimum atomic E-state index is -0.160. The molecule has 2 aromatic heterocycles. The Hall–Kier alpha value is -2.83. The maximum Gasteiger partial charge on any atom is 0.326 e. The van der Waals surface area contributed by atoms with Crippen LogP contribution in [0.4, 0.5) is 4.79 Å². The highest BCUT2D eigenvalue weighted by Gasteiger charge is 2.26. The molecule has 2 aromatic carbocycles. The molecule has 5 rings (SSSR count). The molecule has 0 saturated carbocycles. The van der Waals surface area contributed by atoms with Crippen LogP contribution in [0.3, 0.4) is 0 Å². The second kappa shape index (κ2) is 10.7. The summed E-state index contributed by atoms with van der Waals surface area (Å²) >= 11 is 18.5. The van der Waals surface area contributed by atoms with Gasteiger partial charge in [0, 0.05) is 59.9 Å². The van der Waals surface area contributed by atoms with Gasteiger partial charge in [0.2, 0.25) is 0 Å². The lowest BCUT2D eigenvalue weighted by molar-refractivity contribution is 0.240. The molecule has 3 heterocycles. The molecule has 1 aliphatic rings. The number of carbonyl (C=O) groups excluding carboxylic acids is 1. The zero-order valence-corrected chi connectivity index (χ0v) is 22.0. The summed E-state index contributed by atoms with van der Waals surface area (Å²) in [6.07, 6.45) is 6.67. The molecule has 0 bridgehead atoms. The average Bonchev–Trinajstić information content (AvgIpc) is 3.16. The number of pyridine rings is 1. The van der Waals surface area contributed by atoms with Crippen molar-refractivity contribution < 1.29 is 4.79 Å². The van der Waals surface area contributed by atoms with Gasteiger partial charge in [-0.15, -0.1) is 0 Å². The third kappa shape index (κ3) is 5.30. The predicted octanol–water partition coefficient (Wildman–Crippen LogP) is 7.13. The Morgan fingerprint density at radius 1 is 1.11 bits per heavy atom. The monoisotopic (exact) mass is 538 g/mol. The summed E-state index contributed by atoms with van der Waals surface area (Å²) in [4.78, 5) is 19.8. The maximum absolute atomic E-state index is 13.4. The molecular formula is C28H25Cl3N4O. The first-order valence-electron chi connectivity index (χ1n) is 11.7. The molecule has 5 nitrogen and oxygen atoms in total. The van der Waals surface area contributed by atoms with E-state index in [1.807, 2.05) is 54.0 Å². The highest BCUT2D eigenvalue weighted by Crippen LogP contribution is 2.34. The van der Waals surface area contributed by atoms with E-state index in [9.17, 15) is 4.79 Å². The van der Waals surface area contributed by atoms with Gasteiger partial charge in [0.05, 0.1) is 5.52 Å². The van der Waals surface area contributed by atoms with Gasteiger partial charge in [0.1, 0.15) is 5.15 Å². The molecule has 0 radical (unpaired) electrons. The van der Waals surface area contributed by atoms with E-state index in [1.54, 1.807) is 12.3 Å². The molecule has 36 heavy (non-hydrogen) atoms. The minimum Gasteiger partial charge on any atom is -0.333 e. The summed E-state index contributed by atoms with van der Waals surface area (Å²) in [7, 11) is 0. The lowest BCUT2D eigenvalue weighted by Crippen LogP contribution is -2.34. The van der Waals surface area contributed by atoms with Gasteiger partial charge in [-0.2, -0.15) is 0 Å². The van der Waals surface area contributed by atoms with Crippen molar-refractivity contribution in [1.29, 1.82) is 0 Å². The van der Waals surface area contributed by atoms with Crippen molar-refractivity contribution in [2.75, 3.05) is 13.1 Å². The molecule has 8 heteroatoms. The number of nitrogens with zero attached hydrogens (tertiary/aromatic N) is 3. The van der Waals surface area contributed by atoms with Crippen LogP contribution in [-0.2, 0) is 19.5 Å². The summed E-state index contributed by atoms with van der Waals surface area (Å²) in [5.41, 5.74) is 6.02. The number of aryl methyl sites for hydroxylation is 1. The summed E-state index contributed by atoms with van der Waals surface area (Å²) in [5.74, 6) is 0. The Labute approximate surface area is 225 Å². The topological polar surface area (TPSA) is 50.2 Å². The minimum absolute atomic E-state index is 0.160. The fourth-order valence-corrected chi connectivity index (χ4v) is 5.13. The number of fused-ring (bicyclic) bond motifs is 3. The third-order valence-electron chi connectivity index (χ3n) is 6.49. The molecule has 0 aliphatic carbocycles. The van der Waals surface area contributed by atoms with Crippen LogP contribution in [0.15, 0.2) is 60.8 Å². The Kier molecular flexibility index (Phi) is 7.35. The van der Waals surface area contributed by atoms with Gasteiger partial charge in [-0.25, -0.2) is 9.78 Å². The van der Waals surface area contributed by atoms with Crippen LogP contribution < -0.4 is 5.32 Å². The first-order valence-corrected chi connectivity index (χ1v) is 12.9. The Morgan fingerprint density at radius 3 is 2.69 bits per heavy atom. The van der Waals surface area contributed by atoms with Crippen molar-refractivity contribution >= 4 is 57.8 Å². The van der Waals surface area contributed by atoms with Crippen molar-refractivity contribution in [1.82, 2.24) is 19.8 Å². The zero-order chi connectivity index (χ0) is 25.2. The molecule has 0 fully saturated rings. The van der Waals surface area contributed by atoms with Crippen LogP contribution >= 0.6 is 34.8 Å². The van der Waals surface area contributed by atoms with Crippen LogP contribution in [-0.4, -0.2) is 33.6 Å². The molecule has 1 N–H and O–H groups in total. The summed E-state index contributed by atoms with van der Waals surface area (Å²) in [5, 5.41) is 5.90. The van der Waals surface area contributed by atoms with Crippen LogP contribution in [0, 0.1) is 6.92 Å². The van der Waals surface area contributed by atoms with E-state index >= 15 is 0 Å². The van der Waals surface area contributed by atoms with Gasteiger partial charge >= 0.3 is 6.03 Å². The zero-order valence-electron chi connectivity index (χ0n) is 19.8. The fraction of sp³-hybridized carbons (Fsp3) is 0.214. The standard InChI is InChI=1S/C28H25Cl3N4O/c1-18-13-26-22(15-24(18)30)23-17-34(11-2-3-19-4-6-21(29)7-5-19)12-9-25(23)35(26)28(36)33-16-20-8-10-32-27(31)14-20/h2-8,10,13-15H,9,11-12,16-17H2,1H3,(H,33,36)/b3-2+. The Balaban J connectivity index is 1.40. The molecule has 0 atom stereocenters. The van der Waals surface area contributed by atoms with E-state index in [0.717, 1.165) is 69.9 Å². The number of halogens is 3. The number of carbonyl (C=O) groups is 1. The van der Waals surface area contributed by atoms with Crippen molar-refractivity contribution in [3.8, 4) is 0 Å². The van der Waals surface area contributed by atoms with Crippen molar-refractivity contribution in [2.45, 2.75) is 26.4 Å². The van der Waals surface area contributed by atoms with Gasteiger partial charge in [0.25, 0.3) is 0 Å². The maximum atomic E-state index is 13.4. The molecular weight excluding hydrogens is 515 g/mol. The quantitative estimate of drug-likeness (QED) is 0.274. The van der Waals surface area contributed by atoms with Crippen molar-refractivity contribution in [3.63, 3.8) is 0 Å². The number of amides is 1. The van der Waals surface area contributed by atoms with E-state index < -0.39 is 0 Å². The van der Waals surface area contributed by atoms with Gasteiger partial charge in [-0.1, -0.05) is 59.1 Å². The molecule has 0 spiro atoms. The van der Waals surface area contributed by atoms with Crippen LogP contribution in [0.1, 0.15) is 27.9 Å². The van der Waals surface area contributed by atoms with Crippen LogP contribution in [0.2, 0.25) is 15.2 Å². The number of benzene rings is 2. The van der Waals surface area contributed by atoms with Crippen molar-refractivity contribution in [3.05, 3.63) is 104 Å². The summed E-state index contributed by atoms with van der Waals surface area (Å²) in [6.45, 7) is 4.74. The Morgan fingerprint density at radius 2 is 1.92 bits per heavy atom. The van der Waals surface area contributed by atoms with E-state index in [2.05, 4.69) is 27.4 Å². The normalized spacial score (nSPS) is 13.9. The van der Waals surface area contributed by atoms with Gasteiger partial charge < -0.3 is 5.32 Å². The highest BCUT2D eigenvalue weighted by molar-refractivity contribution is 6.32. The van der Waals surface area contributed by atoms with Crippen LogP contribution in [0.25, 0.3) is 17.0 Å². The molecule has 4 aromatic rings. The fourth-order valence-electron chi connectivity index (χ4n) is 4.64. The second-order valence-electron chi connectivity index (χ2n) is 8.96. The number of hydrogen-bond donors (Lipinski definition) is 1. The first kappa shape index (κ1) is 24.8. The SMILES string of the molecule is Cc1cc2c(cc1Cl)c1c(n2C(=O)NCc2ccnc(Cl)c2)CCN(C/C=C/c2ccc(Cl)cc2)C1. The second-order valence-corrected chi connectivity index (χ2v) is 10.2. The lowest BCUT2D eigenvalue weighted by Gasteiger charge is -2.27.